The Hall–Kier alpha value is -2.18. The van der Waals surface area contributed by atoms with Gasteiger partial charge in [0.15, 0.2) is 6.10 Å². The van der Waals surface area contributed by atoms with E-state index in [0.29, 0.717) is 19.8 Å². The topological polar surface area (TPSA) is 65.4 Å². The van der Waals surface area contributed by atoms with Crippen LogP contribution in [0, 0.1) is 6.92 Å². The second-order valence-electron chi connectivity index (χ2n) is 6.65. The molecule has 2 heterocycles. The van der Waals surface area contributed by atoms with Crippen LogP contribution in [0.4, 0.5) is 5.82 Å². The van der Waals surface area contributed by atoms with E-state index < -0.39 is 6.10 Å². The second-order valence-corrected chi connectivity index (χ2v) is 6.65. The van der Waals surface area contributed by atoms with Crippen molar-refractivity contribution in [3.63, 3.8) is 0 Å². The highest BCUT2D eigenvalue weighted by Gasteiger charge is 2.28. The van der Waals surface area contributed by atoms with Crippen LogP contribution in [0.5, 0.6) is 0 Å². The lowest BCUT2D eigenvalue weighted by atomic mass is 9.88. The number of amides is 1. The molecule has 1 N–H and O–H groups in total. The van der Waals surface area contributed by atoms with Crippen molar-refractivity contribution >= 4 is 11.7 Å². The number of hydrogen-bond acceptors (Lipinski definition) is 4. The van der Waals surface area contributed by atoms with Gasteiger partial charge in [0.1, 0.15) is 5.82 Å². The van der Waals surface area contributed by atoms with Crippen molar-refractivity contribution in [2.75, 3.05) is 25.1 Å². The Bertz CT molecular complexity index is 765. The molecule has 2 atom stereocenters. The van der Waals surface area contributed by atoms with Crippen LogP contribution in [0.3, 0.4) is 0 Å². The molecule has 1 aliphatic heterocycles. The van der Waals surface area contributed by atoms with Crippen LogP contribution >= 0.6 is 0 Å². The third-order valence-corrected chi connectivity index (χ3v) is 4.96. The molecule has 0 spiro atoms. The third kappa shape index (κ3) is 3.19. The number of ether oxygens (including phenoxy) is 2. The van der Waals surface area contributed by atoms with Crippen LogP contribution in [-0.2, 0) is 20.7 Å². The molecule has 1 aliphatic carbocycles. The van der Waals surface area contributed by atoms with Crippen molar-refractivity contribution in [2.24, 2.45) is 0 Å². The lowest BCUT2D eigenvalue weighted by Gasteiger charge is -2.28. The van der Waals surface area contributed by atoms with E-state index in [-0.39, 0.29) is 11.9 Å². The molecule has 4 rings (SSSR count). The van der Waals surface area contributed by atoms with Crippen LogP contribution in [0.1, 0.15) is 35.6 Å². The maximum Gasteiger partial charge on any atom is 0.257 e. The van der Waals surface area contributed by atoms with E-state index in [1.165, 1.54) is 11.1 Å². The van der Waals surface area contributed by atoms with Crippen molar-refractivity contribution in [2.45, 2.75) is 38.3 Å². The van der Waals surface area contributed by atoms with E-state index in [1.807, 2.05) is 17.8 Å². The van der Waals surface area contributed by atoms with E-state index in [2.05, 4.69) is 34.7 Å². The predicted octanol–water partition coefficient (Wildman–Crippen LogP) is 2.47. The summed E-state index contributed by atoms with van der Waals surface area (Å²) in [5.74, 6) is 0.578. The molecule has 0 saturated carbocycles. The van der Waals surface area contributed by atoms with Gasteiger partial charge in [0, 0.05) is 5.56 Å². The number of nitrogens with one attached hydrogen (secondary N) is 1. The summed E-state index contributed by atoms with van der Waals surface area (Å²) < 4.78 is 12.8. The molecule has 1 fully saturated rings. The van der Waals surface area contributed by atoms with Crippen LogP contribution in [-0.4, -0.2) is 41.6 Å². The normalized spacial score (nSPS) is 23.1. The van der Waals surface area contributed by atoms with Crippen molar-refractivity contribution in [1.82, 2.24) is 9.78 Å². The molecule has 0 bridgehead atoms. The van der Waals surface area contributed by atoms with Crippen LogP contribution in [0.2, 0.25) is 0 Å². The minimum atomic E-state index is -0.560. The summed E-state index contributed by atoms with van der Waals surface area (Å²) in [6.45, 7) is 3.25. The largest absolute Gasteiger partial charge is 0.376 e. The summed E-state index contributed by atoms with van der Waals surface area (Å²) in [6, 6.07) is 8.65. The fourth-order valence-electron chi connectivity index (χ4n) is 3.66. The molecule has 1 aromatic carbocycles. The maximum atomic E-state index is 12.5. The van der Waals surface area contributed by atoms with Gasteiger partial charge in [0.2, 0.25) is 0 Å². The highest BCUT2D eigenvalue weighted by Crippen LogP contribution is 2.35. The van der Waals surface area contributed by atoms with Crippen molar-refractivity contribution in [3.05, 3.63) is 47.2 Å². The van der Waals surface area contributed by atoms with Crippen molar-refractivity contribution < 1.29 is 14.3 Å². The van der Waals surface area contributed by atoms with E-state index in [0.717, 1.165) is 30.6 Å². The molecule has 1 amide bonds. The number of aromatic nitrogens is 2. The fraction of sp³-hybridized carbons (Fsp3) is 0.474. The van der Waals surface area contributed by atoms with Gasteiger partial charge in [-0.15, -0.1) is 0 Å². The van der Waals surface area contributed by atoms with Crippen LogP contribution in [0.15, 0.2) is 30.5 Å². The fourth-order valence-corrected chi connectivity index (χ4v) is 3.66. The Balaban J connectivity index is 1.61. The first-order valence-corrected chi connectivity index (χ1v) is 8.86. The predicted molar refractivity (Wildman–Crippen MR) is 93.7 cm³/mol. The molecule has 6 heteroatoms. The minimum absolute atomic E-state index is 0.150. The number of nitrogens with zero attached hydrogens (tertiary/aromatic N) is 2. The van der Waals surface area contributed by atoms with Gasteiger partial charge in [-0.2, -0.15) is 5.10 Å². The van der Waals surface area contributed by atoms with E-state index in [1.54, 1.807) is 0 Å². The maximum absolute atomic E-state index is 12.5. The molecule has 2 aromatic rings. The van der Waals surface area contributed by atoms with Crippen LogP contribution in [0.25, 0.3) is 0 Å². The summed E-state index contributed by atoms with van der Waals surface area (Å²) >= 11 is 0. The molecule has 0 radical (unpaired) electrons. The van der Waals surface area contributed by atoms with Gasteiger partial charge in [-0.3, -0.25) is 4.79 Å². The van der Waals surface area contributed by atoms with Gasteiger partial charge in [0.25, 0.3) is 5.91 Å². The summed E-state index contributed by atoms with van der Waals surface area (Å²) in [5, 5.41) is 7.58. The molecule has 2 unspecified atom stereocenters. The molecular formula is C19H23N3O3. The molecule has 6 nitrogen and oxygen atoms in total. The number of anilines is 1. The summed E-state index contributed by atoms with van der Waals surface area (Å²) in [6.07, 6.45) is 4.49. The zero-order valence-electron chi connectivity index (χ0n) is 14.4. The summed E-state index contributed by atoms with van der Waals surface area (Å²) in [4.78, 5) is 12.5. The highest BCUT2D eigenvalue weighted by molar-refractivity contribution is 5.94. The smallest absolute Gasteiger partial charge is 0.257 e. The lowest BCUT2D eigenvalue weighted by Crippen LogP contribution is -2.39. The SMILES string of the molecule is Cc1cnn(C2CCCc3ccccc32)c1NC(=O)C1COCCO1. The number of rotatable bonds is 3. The molecule has 1 aromatic heterocycles. The Morgan fingerprint density at radius 1 is 1.32 bits per heavy atom. The zero-order valence-corrected chi connectivity index (χ0v) is 14.4. The average molecular weight is 341 g/mol. The highest BCUT2D eigenvalue weighted by atomic mass is 16.6. The van der Waals surface area contributed by atoms with E-state index in [9.17, 15) is 4.79 Å². The number of carbonyl (C=O) groups excluding carboxylic acids is 1. The summed E-state index contributed by atoms with van der Waals surface area (Å²) in [5.41, 5.74) is 3.62. The van der Waals surface area contributed by atoms with Gasteiger partial charge in [-0.1, -0.05) is 24.3 Å². The van der Waals surface area contributed by atoms with Gasteiger partial charge >= 0.3 is 0 Å². The number of fused-ring (bicyclic) bond motifs is 1. The van der Waals surface area contributed by atoms with E-state index >= 15 is 0 Å². The number of carbonyl (C=O) groups is 1. The molecule has 132 valence electrons. The summed E-state index contributed by atoms with van der Waals surface area (Å²) in [7, 11) is 0. The second kappa shape index (κ2) is 6.98. The Labute approximate surface area is 147 Å². The Kier molecular flexibility index (Phi) is 4.55. The quantitative estimate of drug-likeness (QED) is 0.931. The van der Waals surface area contributed by atoms with Crippen molar-refractivity contribution in [3.8, 4) is 0 Å². The van der Waals surface area contributed by atoms with Gasteiger partial charge in [-0.25, -0.2) is 4.68 Å². The molecule has 1 saturated heterocycles. The molecular weight excluding hydrogens is 318 g/mol. The Morgan fingerprint density at radius 3 is 3.04 bits per heavy atom. The first-order chi connectivity index (χ1) is 12.2. The minimum Gasteiger partial charge on any atom is -0.376 e. The first kappa shape index (κ1) is 16.3. The van der Waals surface area contributed by atoms with Gasteiger partial charge in [-0.05, 0) is 37.3 Å². The average Bonchev–Trinajstić information content (AvgIpc) is 3.02. The monoisotopic (exact) mass is 341 g/mol. The number of benzene rings is 1. The number of hydrogen-bond donors (Lipinski definition) is 1. The van der Waals surface area contributed by atoms with Gasteiger partial charge < -0.3 is 14.8 Å². The Morgan fingerprint density at radius 2 is 2.20 bits per heavy atom. The zero-order chi connectivity index (χ0) is 17.2. The third-order valence-electron chi connectivity index (χ3n) is 4.96. The number of aryl methyl sites for hydroxylation is 2. The van der Waals surface area contributed by atoms with Crippen molar-refractivity contribution in [1.29, 1.82) is 0 Å². The standard InChI is InChI=1S/C19H23N3O3/c1-13-11-20-22(16-8-4-6-14-5-2-3-7-15(14)16)18(13)21-19(23)17-12-24-9-10-25-17/h2-3,5,7,11,16-17H,4,6,8-10,12H2,1H3,(H,21,23). The molecule has 25 heavy (non-hydrogen) atoms. The first-order valence-electron chi connectivity index (χ1n) is 8.86. The lowest BCUT2D eigenvalue weighted by molar-refractivity contribution is -0.142. The van der Waals surface area contributed by atoms with E-state index in [4.69, 9.17) is 9.47 Å². The molecule has 2 aliphatic rings. The van der Waals surface area contributed by atoms with Crippen LogP contribution < -0.4 is 5.32 Å². The van der Waals surface area contributed by atoms with Gasteiger partial charge in [0.05, 0.1) is 32.1 Å².